The van der Waals surface area contributed by atoms with Gasteiger partial charge in [-0.15, -0.1) is 0 Å². The molecule has 2 N–H and O–H groups in total. The van der Waals surface area contributed by atoms with Gasteiger partial charge in [-0.3, -0.25) is 4.79 Å². The van der Waals surface area contributed by atoms with Crippen molar-refractivity contribution in [3.05, 3.63) is 0 Å². The topological polar surface area (TPSA) is 72.9 Å². The quantitative estimate of drug-likeness (QED) is 0.690. The Balaban J connectivity index is 0.000000246. The van der Waals surface area contributed by atoms with Crippen LogP contribution in [-0.4, -0.2) is 79.3 Å². The molecule has 0 aliphatic carbocycles. The molecular formula is C11H18F3N3O3. The Morgan fingerprint density at radius 3 is 1.90 bits per heavy atom. The average molecular weight is 297 g/mol. The lowest BCUT2D eigenvalue weighted by atomic mass is 10.0. The van der Waals surface area contributed by atoms with Gasteiger partial charge in [0.05, 0.1) is 5.92 Å². The predicted molar refractivity (Wildman–Crippen MR) is 64.1 cm³/mol. The number of piperazine rings is 1. The summed E-state index contributed by atoms with van der Waals surface area (Å²) >= 11 is 0. The van der Waals surface area contributed by atoms with Crippen LogP contribution in [-0.2, 0) is 9.59 Å². The van der Waals surface area contributed by atoms with Crippen LogP contribution in [0.3, 0.4) is 0 Å². The summed E-state index contributed by atoms with van der Waals surface area (Å²) in [4.78, 5) is 24.9. The summed E-state index contributed by atoms with van der Waals surface area (Å²) in [6.07, 6.45) is -5.08. The minimum atomic E-state index is -5.08. The highest BCUT2D eigenvalue weighted by atomic mass is 19.4. The summed E-state index contributed by atoms with van der Waals surface area (Å²) in [5.41, 5.74) is 0. The van der Waals surface area contributed by atoms with Gasteiger partial charge in [0.2, 0.25) is 5.91 Å². The number of hydrogen-bond donors (Lipinski definition) is 2. The van der Waals surface area contributed by atoms with Crippen LogP contribution in [0.25, 0.3) is 0 Å². The molecule has 0 aromatic carbocycles. The number of amides is 1. The molecule has 2 fully saturated rings. The smallest absolute Gasteiger partial charge is 0.475 e. The van der Waals surface area contributed by atoms with Gasteiger partial charge in [0.25, 0.3) is 0 Å². The van der Waals surface area contributed by atoms with Crippen molar-refractivity contribution >= 4 is 11.9 Å². The molecule has 0 bridgehead atoms. The van der Waals surface area contributed by atoms with Crippen molar-refractivity contribution in [1.82, 2.24) is 15.1 Å². The van der Waals surface area contributed by atoms with E-state index in [1.807, 2.05) is 4.90 Å². The summed E-state index contributed by atoms with van der Waals surface area (Å²) in [7, 11) is 2.10. The second-order valence-electron chi connectivity index (χ2n) is 4.79. The molecule has 0 unspecified atom stereocenters. The number of likely N-dealkylation sites (N-methyl/N-ethyl adjacent to an activating group) is 1. The van der Waals surface area contributed by atoms with E-state index >= 15 is 0 Å². The zero-order valence-corrected chi connectivity index (χ0v) is 11.1. The zero-order valence-electron chi connectivity index (χ0n) is 11.1. The summed E-state index contributed by atoms with van der Waals surface area (Å²) in [6, 6.07) is 0. The number of nitrogens with one attached hydrogen (secondary N) is 1. The average Bonchev–Trinajstić information content (AvgIpc) is 2.27. The number of rotatable bonds is 1. The van der Waals surface area contributed by atoms with Crippen molar-refractivity contribution in [2.24, 2.45) is 5.92 Å². The van der Waals surface area contributed by atoms with Crippen molar-refractivity contribution in [3.8, 4) is 0 Å². The minimum absolute atomic E-state index is 0.267. The van der Waals surface area contributed by atoms with Crippen molar-refractivity contribution in [1.29, 1.82) is 0 Å². The lowest BCUT2D eigenvalue weighted by Crippen LogP contribution is -2.56. The molecule has 0 atom stereocenters. The Hall–Kier alpha value is -1.35. The Kier molecular flexibility index (Phi) is 5.75. The lowest BCUT2D eigenvalue weighted by Gasteiger charge is -2.37. The van der Waals surface area contributed by atoms with Crippen LogP contribution in [0.1, 0.15) is 0 Å². The molecular weight excluding hydrogens is 279 g/mol. The number of halogens is 3. The highest BCUT2D eigenvalue weighted by Crippen LogP contribution is 2.13. The first-order chi connectivity index (χ1) is 9.21. The SMILES string of the molecule is CN1CCN(C(=O)C2CNC2)CC1.O=C(O)C(F)(F)F. The molecule has 2 aliphatic heterocycles. The van der Waals surface area contributed by atoms with E-state index in [2.05, 4.69) is 17.3 Å². The fourth-order valence-electron chi connectivity index (χ4n) is 1.75. The van der Waals surface area contributed by atoms with Crippen LogP contribution < -0.4 is 5.32 Å². The summed E-state index contributed by atoms with van der Waals surface area (Å²) in [6.45, 7) is 5.62. The monoisotopic (exact) mass is 297 g/mol. The fourth-order valence-corrected chi connectivity index (χ4v) is 1.75. The third kappa shape index (κ3) is 4.97. The number of carboxylic acid groups (broad SMARTS) is 1. The first-order valence-corrected chi connectivity index (χ1v) is 6.20. The summed E-state index contributed by atoms with van der Waals surface area (Å²) < 4.78 is 31.7. The van der Waals surface area contributed by atoms with Gasteiger partial charge in [0, 0.05) is 39.3 Å². The molecule has 2 aliphatic rings. The minimum Gasteiger partial charge on any atom is -0.475 e. The molecule has 0 saturated carbocycles. The predicted octanol–water partition coefficient (Wildman–Crippen LogP) is -0.387. The van der Waals surface area contributed by atoms with Crippen LogP contribution in [0.5, 0.6) is 0 Å². The maximum absolute atomic E-state index is 11.8. The van der Waals surface area contributed by atoms with Crippen molar-refractivity contribution in [3.63, 3.8) is 0 Å². The second kappa shape index (κ2) is 6.89. The van der Waals surface area contributed by atoms with Gasteiger partial charge >= 0.3 is 12.1 Å². The maximum atomic E-state index is 11.8. The summed E-state index contributed by atoms with van der Waals surface area (Å²) in [5, 5.41) is 10.3. The summed E-state index contributed by atoms with van der Waals surface area (Å²) in [5.74, 6) is -2.14. The molecule has 9 heteroatoms. The van der Waals surface area contributed by atoms with Gasteiger partial charge in [0.1, 0.15) is 0 Å². The zero-order chi connectivity index (χ0) is 15.3. The van der Waals surface area contributed by atoms with E-state index in [4.69, 9.17) is 9.90 Å². The number of alkyl halides is 3. The Labute approximate surface area is 114 Å². The molecule has 2 saturated heterocycles. The van der Waals surface area contributed by atoms with E-state index in [0.717, 1.165) is 39.3 Å². The molecule has 116 valence electrons. The van der Waals surface area contributed by atoms with Crippen LogP contribution in [0.15, 0.2) is 0 Å². The van der Waals surface area contributed by atoms with Gasteiger partial charge in [-0.1, -0.05) is 0 Å². The number of nitrogens with zero attached hydrogens (tertiary/aromatic N) is 2. The number of carboxylic acids is 1. The van der Waals surface area contributed by atoms with Crippen molar-refractivity contribution in [2.45, 2.75) is 6.18 Å². The highest BCUT2D eigenvalue weighted by molar-refractivity contribution is 5.80. The van der Waals surface area contributed by atoms with Crippen molar-refractivity contribution < 1.29 is 27.9 Å². The standard InChI is InChI=1S/C9H17N3O.C2HF3O2/c1-11-2-4-12(5-3-11)9(13)8-6-10-7-8;3-2(4,5)1(6)7/h8,10H,2-7H2,1H3;(H,6,7). The van der Waals surface area contributed by atoms with Crippen LogP contribution in [0, 0.1) is 5.92 Å². The van der Waals surface area contributed by atoms with Gasteiger partial charge in [0.15, 0.2) is 0 Å². The Morgan fingerprint density at radius 2 is 1.60 bits per heavy atom. The fraction of sp³-hybridized carbons (Fsp3) is 0.818. The van der Waals surface area contributed by atoms with Crippen LogP contribution in [0.4, 0.5) is 13.2 Å². The highest BCUT2D eigenvalue weighted by Gasteiger charge is 2.38. The number of carbonyl (C=O) groups is 2. The van der Waals surface area contributed by atoms with E-state index in [9.17, 15) is 18.0 Å². The van der Waals surface area contributed by atoms with E-state index in [0.29, 0.717) is 5.91 Å². The van der Waals surface area contributed by atoms with Crippen LogP contribution in [0.2, 0.25) is 0 Å². The molecule has 1 amide bonds. The number of carbonyl (C=O) groups excluding carboxylic acids is 1. The first kappa shape index (κ1) is 16.7. The molecule has 0 aromatic heterocycles. The van der Waals surface area contributed by atoms with E-state index < -0.39 is 12.1 Å². The third-order valence-electron chi connectivity index (χ3n) is 3.19. The van der Waals surface area contributed by atoms with Gasteiger partial charge in [-0.25, -0.2) is 4.79 Å². The lowest BCUT2D eigenvalue weighted by molar-refractivity contribution is -0.192. The first-order valence-electron chi connectivity index (χ1n) is 6.20. The number of hydrogen-bond acceptors (Lipinski definition) is 4. The molecule has 2 heterocycles. The molecule has 0 aromatic rings. The Morgan fingerprint density at radius 1 is 1.15 bits per heavy atom. The number of aliphatic carboxylic acids is 1. The van der Waals surface area contributed by atoms with Crippen LogP contribution >= 0.6 is 0 Å². The molecule has 2 rings (SSSR count). The van der Waals surface area contributed by atoms with E-state index in [-0.39, 0.29) is 5.92 Å². The van der Waals surface area contributed by atoms with Gasteiger partial charge in [-0.05, 0) is 7.05 Å². The van der Waals surface area contributed by atoms with Gasteiger partial charge < -0.3 is 20.2 Å². The van der Waals surface area contributed by atoms with E-state index in [1.165, 1.54) is 0 Å². The largest absolute Gasteiger partial charge is 0.490 e. The molecule has 0 radical (unpaired) electrons. The maximum Gasteiger partial charge on any atom is 0.490 e. The molecule has 20 heavy (non-hydrogen) atoms. The Bertz CT molecular complexity index is 351. The van der Waals surface area contributed by atoms with E-state index in [1.54, 1.807) is 0 Å². The molecule has 0 spiro atoms. The van der Waals surface area contributed by atoms with Gasteiger partial charge in [-0.2, -0.15) is 13.2 Å². The van der Waals surface area contributed by atoms with Crippen molar-refractivity contribution in [2.75, 3.05) is 46.3 Å². The second-order valence-corrected chi connectivity index (χ2v) is 4.79. The molecule has 6 nitrogen and oxygen atoms in total. The third-order valence-corrected chi connectivity index (χ3v) is 3.19. The normalized spacial score (nSPS) is 20.7.